The van der Waals surface area contributed by atoms with Gasteiger partial charge in [-0.3, -0.25) is 4.79 Å². The molecule has 0 aromatic heterocycles. The van der Waals surface area contributed by atoms with Gasteiger partial charge in [-0.15, -0.1) is 0 Å². The number of hydrogen-bond acceptors (Lipinski definition) is 2. The molecule has 0 heterocycles. The van der Waals surface area contributed by atoms with E-state index in [-0.39, 0.29) is 24.3 Å². The molecule has 0 aliphatic heterocycles. The number of rotatable bonds is 6. The summed E-state index contributed by atoms with van der Waals surface area (Å²) in [6.45, 7) is 0. The fourth-order valence-corrected chi connectivity index (χ4v) is 3.39. The second-order valence-corrected chi connectivity index (χ2v) is 6.87. The van der Waals surface area contributed by atoms with E-state index in [4.69, 9.17) is 9.84 Å². The Bertz CT molecular complexity index is 553. The zero-order valence-electron chi connectivity index (χ0n) is 11.6. The van der Waals surface area contributed by atoms with Crippen molar-refractivity contribution in [3.63, 3.8) is 0 Å². The lowest BCUT2D eigenvalue weighted by atomic mass is 9.89. The third-order valence-corrected chi connectivity index (χ3v) is 4.95. The maximum atomic E-state index is 13.8. The number of halogens is 2. The van der Waals surface area contributed by atoms with Crippen LogP contribution in [0.4, 0.5) is 4.39 Å². The predicted octanol–water partition coefficient (Wildman–Crippen LogP) is 4.49. The lowest BCUT2D eigenvalue weighted by Crippen LogP contribution is -2.25. The molecule has 2 saturated carbocycles. The van der Waals surface area contributed by atoms with Crippen LogP contribution in [0.25, 0.3) is 0 Å². The predicted molar refractivity (Wildman–Crippen MR) is 80.1 cm³/mol. The highest BCUT2D eigenvalue weighted by atomic mass is 79.9. The van der Waals surface area contributed by atoms with E-state index in [1.807, 2.05) is 0 Å². The second-order valence-electron chi connectivity index (χ2n) is 6.02. The Morgan fingerprint density at radius 1 is 1.38 bits per heavy atom. The minimum atomic E-state index is -0.845. The zero-order valence-corrected chi connectivity index (χ0v) is 13.2. The smallest absolute Gasteiger partial charge is 0.303 e. The normalized spacial score (nSPS) is 19.9. The molecule has 2 aliphatic rings. The van der Waals surface area contributed by atoms with Crippen LogP contribution >= 0.6 is 15.9 Å². The Balaban J connectivity index is 1.94. The summed E-state index contributed by atoms with van der Waals surface area (Å²) >= 11 is 3.37. The Morgan fingerprint density at radius 3 is 2.62 bits per heavy atom. The summed E-state index contributed by atoms with van der Waals surface area (Å²) in [5.74, 6) is -0.391. The molecule has 0 bridgehead atoms. The molecule has 114 valence electrons. The summed E-state index contributed by atoms with van der Waals surface area (Å²) < 4.78 is 20.4. The first-order chi connectivity index (χ1) is 10.0. The molecule has 21 heavy (non-hydrogen) atoms. The molecule has 1 atom stereocenters. The SMILES string of the molecule is O=C(O)CC(c1cc(F)cc(Br)c1OC1CCC1)C1CC1. The van der Waals surface area contributed by atoms with E-state index in [0.717, 1.165) is 32.1 Å². The molecule has 2 aliphatic carbocycles. The fourth-order valence-electron chi connectivity index (χ4n) is 2.85. The van der Waals surface area contributed by atoms with Gasteiger partial charge in [0.25, 0.3) is 0 Å². The summed E-state index contributed by atoms with van der Waals surface area (Å²) in [6.07, 6.45) is 5.40. The van der Waals surface area contributed by atoms with E-state index in [1.165, 1.54) is 12.1 Å². The molecule has 3 nitrogen and oxygen atoms in total. The van der Waals surface area contributed by atoms with E-state index in [2.05, 4.69) is 15.9 Å². The largest absolute Gasteiger partial charge is 0.489 e. The van der Waals surface area contributed by atoms with Crippen LogP contribution in [0.1, 0.15) is 50.0 Å². The van der Waals surface area contributed by atoms with Gasteiger partial charge in [-0.05, 0) is 66.1 Å². The third kappa shape index (κ3) is 3.39. The first kappa shape index (κ1) is 14.8. The average Bonchev–Trinajstić information content (AvgIpc) is 3.15. The van der Waals surface area contributed by atoms with Crippen LogP contribution in [0.15, 0.2) is 16.6 Å². The van der Waals surface area contributed by atoms with Crippen LogP contribution in [0.2, 0.25) is 0 Å². The van der Waals surface area contributed by atoms with Gasteiger partial charge < -0.3 is 9.84 Å². The summed E-state index contributed by atoms with van der Waals surface area (Å²) in [5.41, 5.74) is 0.707. The summed E-state index contributed by atoms with van der Waals surface area (Å²) in [6, 6.07) is 2.84. The van der Waals surface area contributed by atoms with Crippen molar-refractivity contribution in [3.8, 4) is 5.75 Å². The Morgan fingerprint density at radius 2 is 2.10 bits per heavy atom. The van der Waals surface area contributed by atoms with Crippen LogP contribution in [0.3, 0.4) is 0 Å². The van der Waals surface area contributed by atoms with Crippen molar-refractivity contribution in [2.24, 2.45) is 5.92 Å². The number of aliphatic carboxylic acids is 1. The molecule has 5 heteroatoms. The molecule has 1 aromatic carbocycles. The van der Waals surface area contributed by atoms with Gasteiger partial charge in [0.05, 0.1) is 17.0 Å². The Kier molecular flexibility index (Phi) is 4.20. The molecule has 1 N–H and O–H groups in total. The van der Waals surface area contributed by atoms with Crippen LogP contribution in [-0.2, 0) is 4.79 Å². The van der Waals surface area contributed by atoms with Gasteiger partial charge in [0.2, 0.25) is 0 Å². The lowest BCUT2D eigenvalue weighted by molar-refractivity contribution is -0.137. The Hall–Kier alpha value is -1.10. The topological polar surface area (TPSA) is 46.5 Å². The molecule has 0 saturated heterocycles. The molecule has 1 aromatic rings. The maximum Gasteiger partial charge on any atom is 0.303 e. The number of carboxylic acid groups (broad SMARTS) is 1. The highest BCUT2D eigenvalue weighted by Gasteiger charge is 2.36. The van der Waals surface area contributed by atoms with Gasteiger partial charge in [-0.25, -0.2) is 4.39 Å². The summed E-state index contributed by atoms with van der Waals surface area (Å²) in [7, 11) is 0. The van der Waals surface area contributed by atoms with Crippen molar-refractivity contribution in [2.45, 2.75) is 50.5 Å². The van der Waals surface area contributed by atoms with E-state index in [0.29, 0.717) is 21.7 Å². The van der Waals surface area contributed by atoms with Crippen molar-refractivity contribution in [1.82, 2.24) is 0 Å². The monoisotopic (exact) mass is 356 g/mol. The van der Waals surface area contributed by atoms with E-state index < -0.39 is 5.97 Å². The minimum absolute atomic E-state index is 0.0294. The molecule has 3 rings (SSSR count). The number of hydrogen-bond donors (Lipinski definition) is 1. The maximum absolute atomic E-state index is 13.8. The molecule has 0 amide bonds. The van der Waals surface area contributed by atoms with Gasteiger partial charge in [-0.2, -0.15) is 0 Å². The first-order valence-electron chi connectivity index (χ1n) is 7.42. The first-order valence-corrected chi connectivity index (χ1v) is 8.21. The van der Waals surface area contributed by atoms with Gasteiger partial charge >= 0.3 is 5.97 Å². The second kappa shape index (κ2) is 5.95. The summed E-state index contributed by atoms with van der Waals surface area (Å²) in [4.78, 5) is 11.1. The van der Waals surface area contributed by atoms with Crippen molar-refractivity contribution in [2.75, 3.05) is 0 Å². The lowest BCUT2D eigenvalue weighted by Gasteiger charge is -2.29. The van der Waals surface area contributed by atoms with E-state index >= 15 is 0 Å². The highest BCUT2D eigenvalue weighted by Crippen LogP contribution is 2.49. The van der Waals surface area contributed by atoms with Crippen LogP contribution in [0, 0.1) is 11.7 Å². The quantitative estimate of drug-likeness (QED) is 0.816. The number of benzene rings is 1. The van der Waals surface area contributed by atoms with Gasteiger partial charge in [-0.1, -0.05) is 0 Å². The van der Waals surface area contributed by atoms with Crippen molar-refractivity contribution in [3.05, 3.63) is 28.0 Å². The number of ether oxygens (including phenoxy) is 1. The number of carboxylic acids is 1. The highest BCUT2D eigenvalue weighted by molar-refractivity contribution is 9.10. The summed E-state index contributed by atoms with van der Waals surface area (Å²) in [5, 5.41) is 9.14. The molecular weight excluding hydrogens is 339 g/mol. The van der Waals surface area contributed by atoms with Crippen LogP contribution in [0.5, 0.6) is 5.75 Å². The van der Waals surface area contributed by atoms with Crippen LogP contribution in [-0.4, -0.2) is 17.2 Å². The van der Waals surface area contributed by atoms with Crippen molar-refractivity contribution < 1.29 is 19.0 Å². The van der Waals surface area contributed by atoms with Crippen molar-refractivity contribution >= 4 is 21.9 Å². The molecule has 0 spiro atoms. The Labute approximate surface area is 131 Å². The van der Waals surface area contributed by atoms with Crippen LogP contribution < -0.4 is 4.74 Å². The molecule has 0 radical (unpaired) electrons. The average molecular weight is 357 g/mol. The standard InChI is InChI=1S/C16H18BrFO3/c17-14-7-10(18)6-13(16(14)21-11-2-1-3-11)12(8-15(19)20)9-4-5-9/h6-7,9,11-12H,1-5,8H2,(H,19,20). The van der Waals surface area contributed by atoms with E-state index in [9.17, 15) is 9.18 Å². The third-order valence-electron chi connectivity index (χ3n) is 4.36. The molecule has 1 unspecified atom stereocenters. The molecule has 2 fully saturated rings. The van der Waals surface area contributed by atoms with Gasteiger partial charge in [0.15, 0.2) is 0 Å². The minimum Gasteiger partial charge on any atom is -0.489 e. The van der Waals surface area contributed by atoms with Crippen molar-refractivity contribution in [1.29, 1.82) is 0 Å². The fraction of sp³-hybridized carbons (Fsp3) is 0.562. The zero-order chi connectivity index (χ0) is 15.0. The number of carbonyl (C=O) groups is 1. The van der Waals surface area contributed by atoms with Gasteiger partial charge in [0.1, 0.15) is 11.6 Å². The molecular formula is C16H18BrFO3. The van der Waals surface area contributed by atoms with E-state index in [1.54, 1.807) is 0 Å². The van der Waals surface area contributed by atoms with Gasteiger partial charge in [0, 0.05) is 11.5 Å².